The van der Waals surface area contributed by atoms with Crippen molar-refractivity contribution >= 4 is 5.91 Å². The molecule has 0 aromatic carbocycles. The second-order valence-corrected chi connectivity index (χ2v) is 5.49. The van der Waals surface area contributed by atoms with Gasteiger partial charge in [-0.1, -0.05) is 0 Å². The van der Waals surface area contributed by atoms with Crippen LogP contribution in [0.3, 0.4) is 0 Å². The standard InChI is InChI=1S/C14H24N4O/c1-10-13(11(2)17(4)16-10)14(19)18-7-5-6-12(9-18)8-15-3/h12,15H,5-9H2,1-4H3. The Bertz CT molecular complexity index is 464. The minimum Gasteiger partial charge on any atom is -0.338 e. The van der Waals surface area contributed by atoms with Gasteiger partial charge in [-0.25, -0.2) is 0 Å². The second kappa shape index (κ2) is 5.74. The van der Waals surface area contributed by atoms with E-state index in [0.29, 0.717) is 5.92 Å². The largest absolute Gasteiger partial charge is 0.338 e. The molecule has 5 nitrogen and oxygen atoms in total. The van der Waals surface area contributed by atoms with Gasteiger partial charge in [0.2, 0.25) is 0 Å². The lowest BCUT2D eigenvalue weighted by atomic mass is 9.97. The van der Waals surface area contributed by atoms with E-state index in [9.17, 15) is 4.79 Å². The molecule has 1 amide bonds. The number of piperidine rings is 1. The SMILES string of the molecule is CNCC1CCCN(C(=O)c2c(C)nn(C)c2C)C1. The van der Waals surface area contributed by atoms with Gasteiger partial charge in [-0.3, -0.25) is 9.48 Å². The monoisotopic (exact) mass is 264 g/mol. The summed E-state index contributed by atoms with van der Waals surface area (Å²) in [5, 5.41) is 7.55. The maximum atomic E-state index is 12.7. The molecule has 1 saturated heterocycles. The van der Waals surface area contributed by atoms with Crippen molar-refractivity contribution < 1.29 is 4.79 Å². The number of carbonyl (C=O) groups is 1. The van der Waals surface area contributed by atoms with Crippen molar-refractivity contribution in [2.24, 2.45) is 13.0 Å². The minimum absolute atomic E-state index is 0.143. The number of aryl methyl sites for hydroxylation is 2. The highest BCUT2D eigenvalue weighted by Gasteiger charge is 2.27. The lowest BCUT2D eigenvalue weighted by Crippen LogP contribution is -2.42. The molecule has 5 heteroatoms. The van der Waals surface area contributed by atoms with Crippen LogP contribution in [0.15, 0.2) is 0 Å². The van der Waals surface area contributed by atoms with Gasteiger partial charge < -0.3 is 10.2 Å². The summed E-state index contributed by atoms with van der Waals surface area (Å²) >= 11 is 0. The van der Waals surface area contributed by atoms with E-state index in [4.69, 9.17) is 0 Å². The Kier molecular flexibility index (Phi) is 4.24. The molecular weight excluding hydrogens is 240 g/mol. The summed E-state index contributed by atoms with van der Waals surface area (Å²) in [6.45, 7) is 6.58. The summed E-state index contributed by atoms with van der Waals surface area (Å²) < 4.78 is 1.79. The molecule has 0 aliphatic carbocycles. The molecular formula is C14H24N4O. The fraction of sp³-hybridized carbons (Fsp3) is 0.714. The predicted molar refractivity (Wildman–Crippen MR) is 75.2 cm³/mol. The summed E-state index contributed by atoms with van der Waals surface area (Å²) in [5.74, 6) is 0.712. The lowest BCUT2D eigenvalue weighted by molar-refractivity contribution is 0.0672. The Morgan fingerprint density at radius 2 is 2.21 bits per heavy atom. The Morgan fingerprint density at radius 3 is 2.79 bits per heavy atom. The fourth-order valence-electron chi connectivity index (χ4n) is 2.95. The molecule has 0 radical (unpaired) electrons. The van der Waals surface area contributed by atoms with E-state index >= 15 is 0 Å². The summed E-state index contributed by atoms with van der Waals surface area (Å²) in [7, 11) is 3.86. The number of amides is 1. The molecule has 0 bridgehead atoms. The molecule has 1 fully saturated rings. The number of carbonyl (C=O) groups excluding carboxylic acids is 1. The molecule has 19 heavy (non-hydrogen) atoms. The highest BCUT2D eigenvalue weighted by Crippen LogP contribution is 2.21. The van der Waals surface area contributed by atoms with Gasteiger partial charge in [0.25, 0.3) is 5.91 Å². The first-order chi connectivity index (χ1) is 9.04. The second-order valence-electron chi connectivity index (χ2n) is 5.49. The van der Waals surface area contributed by atoms with Crippen LogP contribution < -0.4 is 5.32 Å². The third kappa shape index (κ3) is 2.81. The number of nitrogens with zero attached hydrogens (tertiary/aromatic N) is 3. The first-order valence-electron chi connectivity index (χ1n) is 6.98. The number of rotatable bonds is 3. The van der Waals surface area contributed by atoms with E-state index in [2.05, 4.69) is 10.4 Å². The first-order valence-corrected chi connectivity index (χ1v) is 6.98. The van der Waals surface area contributed by atoms with E-state index in [-0.39, 0.29) is 5.91 Å². The van der Waals surface area contributed by atoms with Crippen LogP contribution >= 0.6 is 0 Å². The average Bonchev–Trinajstić information content (AvgIpc) is 2.63. The van der Waals surface area contributed by atoms with Crippen LogP contribution in [0.5, 0.6) is 0 Å². The molecule has 1 aromatic rings. The maximum absolute atomic E-state index is 12.7. The highest BCUT2D eigenvalue weighted by atomic mass is 16.2. The van der Waals surface area contributed by atoms with Gasteiger partial charge in [0, 0.05) is 25.8 Å². The first kappa shape index (κ1) is 14.1. The zero-order chi connectivity index (χ0) is 14.0. The van der Waals surface area contributed by atoms with Crippen LogP contribution in [0.2, 0.25) is 0 Å². The van der Waals surface area contributed by atoms with Gasteiger partial charge in [-0.05, 0) is 46.2 Å². The number of likely N-dealkylation sites (tertiary alicyclic amines) is 1. The van der Waals surface area contributed by atoms with Gasteiger partial charge in [-0.2, -0.15) is 5.10 Å². The molecule has 0 saturated carbocycles. The van der Waals surface area contributed by atoms with Crippen molar-refractivity contribution in [3.63, 3.8) is 0 Å². The van der Waals surface area contributed by atoms with Crippen molar-refractivity contribution in [2.45, 2.75) is 26.7 Å². The average molecular weight is 264 g/mol. The van der Waals surface area contributed by atoms with Crippen LogP contribution in [0, 0.1) is 19.8 Å². The molecule has 1 N–H and O–H groups in total. The van der Waals surface area contributed by atoms with Gasteiger partial charge in [0.1, 0.15) is 0 Å². The summed E-state index contributed by atoms with van der Waals surface area (Å²) in [4.78, 5) is 14.6. The molecule has 2 rings (SSSR count). The molecule has 1 atom stereocenters. The molecule has 0 spiro atoms. The Balaban J connectivity index is 2.15. The highest BCUT2D eigenvalue weighted by molar-refractivity contribution is 5.96. The Hall–Kier alpha value is -1.36. The van der Waals surface area contributed by atoms with E-state index in [0.717, 1.165) is 43.0 Å². The molecule has 1 unspecified atom stereocenters. The van der Waals surface area contributed by atoms with Crippen LogP contribution in [-0.4, -0.2) is 47.3 Å². The molecule has 106 valence electrons. The van der Waals surface area contributed by atoms with Crippen LogP contribution in [0.1, 0.15) is 34.6 Å². The number of aromatic nitrogens is 2. The Labute approximate surface area is 115 Å². The number of hydrogen-bond donors (Lipinski definition) is 1. The summed E-state index contributed by atoms with van der Waals surface area (Å²) in [6.07, 6.45) is 2.30. The van der Waals surface area contributed by atoms with Crippen LogP contribution in [0.4, 0.5) is 0 Å². The topological polar surface area (TPSA) is 50.2 Å². The predicted octanol–water partition coefficient (Wildman–Crippen LogP) is 1.11. The van der Waals surface area contributed by atoms with Gasteiger partial charge in [0.05, 0.1) is 11.3 Å². The summed E-state index contributed by atoms with van der Waals surface area (Å²) in [5.41, 5.74) is 2.58. The molecule has 2 heterocycles. The van der Waals surface area contributed by atoms with Crippen LogP contribution in [-0.2, 0) is 7.05 Å². The van der Waals surface area contributed by atoms with Crippen molar-refractivity contribution in [3.8, 4) is 0 Å². The van der Waals surface area contributed by atoms with Crippen molar-refractivity contribution in [3.05, 3.63) is 17.0 Å². The summed E-state index contributed by atoms with van der Waals surface area (Å²) in [6, 6.07) is 0. The smallest absolute Gasteiger partial charge is 0.257 e. The quantitative estimate of drug-likeness (QED) is 0.889. The zero-order valence-electron chi connectivity index (χ0n) is 12.4. The van der Waals surface area contributed by atoms with Crippen LogP contribution in [0.25, 0.3) is 0 Å². The fourth-order valence-corrected chi connectivity index (χ4v) is 2.95. The molecule has 1 aromatic heterocycles. The van der Waals surface area contributed by atoms with Gasteiger partial charge in [0.15, 0.2) is 0 Å². The van der Waals surface area contributed by atoms with Gasteiger partial charge >= 0.3 is 0 Å². The van der Waals surface area contributed by atoms with Crippen molar-refractivity contribution in [1.29, 1.82) is 0 Å². The third-order valence-corrected chi connectivity index (χ3v) is 4.02. The molecule has 1 aliphatic rings. The van der Waals surface area contributed by atoms with E-state index in [1.54, 1.807) is 4.68 Å². The van der Waals surface area contributed by atoms with E-state index in [1.807, 2.05) is 32.8 Å². The lowest BCUT2D eigenvalue weighted by Gasteiger charge is -2.32. The third-order valence-electron chi connectivity index (χ3n) is 4.02. The van der Waals surface area contributed by atoms with Crippen molar-refractivity contribution in [1.82, 2.24) is 20.0 Å². The maximum Gasteiger partial charge on any atom is 0.257 e. The van der Waals surface area contributed by atoms with Crippen molar-refractivity contribution in [2.75, 3.05) is 26.7 Å². The minimum atomic E-state index is 0.143. The number of nitrogens with one attached hydrogen (secondary N) is 1. The van der Waals surface area contributed by atoms with E-state index in [1.165, 1.54) is 6.42 Å². The normalized spacial score (nSPS) is 19.8. The number of hydrogen-bond acceptors (Lipinski definition) is 3. The Morgan fingerprint density at radius 1 is 1.47 bits per heavy atom. The molecule has 1 aliphatic heterocycles. The van der Waals surface area contributed by atoms with Gasteiger partial charge in [-0.15, -0.1) is 0 Å². The van der Waals surface area contributed by atoms with E-state index < -0.39 is 0 Å². The zero-order valence-corrected chi connectivity index (χ0v) is 12.4.